The van der Waals surface area contributed by atoms with Gasteiger partial charge in [0.05, 0.1) is 12.0 Å². The van der Waals surface area contributed by atoms with E-state index in [0.717, 1.165) is 29.0 Å². The van der Waals surface area contributed by atoms with Crippen LogP contribution in [0.3, 0.4) is 0 Å². The number of fused-ring (bicyclic) bond motifs is 2. The first-order valence-electron chi connectivity index (χ1n) is 8.47. The fraction of sp³-hybridized carbons (Fsp3) is 0.350. The summed E-state index contributed by atoms with van der Waals surface area (Å²) in [5.74, 6) is 1.39. The van der Waals surface area contributed by atoms with Gasteiger partial charge in [-0.3, -0.25) is 4.79 Å². The Morgan fingerprint density at radius 3 is 2.25 bits per heavy atom. The summed E-state index contributed by atoms with van der Waals surface area (Å²) in [5.41, 5.74) is 1.80. The average Bonchev–Trinajstić information content (AvgIpc) is 2.61. The van der Waals surface area contributed by atoms with Gasteiger partial charge in [-0.25, -0.2) is 0 Å². The minimum atomic E-state index is -0.451. The van der Waals surface area contributed by atoms with Gasteiger partial charge in [0, 0.05) is 24.2 Å². The molecular weight excluding hydrogens is 302 g/mol. The van der Waals surface area contributed by atoms with Crippen LogP contribution in [-0.2, 0) is 4.79 Å². The molecule has 4 heteroatoms. The highest BCUT2D eigenvalue weighted by molar-refractivity contribution is 5.89. The lowest BCUT2D eigenvalue weighted by molar-refractivity contribution is -0.136. The Hall–Kier alpha value is -2.33. The van der Waals surface area contributed by atoms with E-state index in [1.165, 1.54) is 0 Å². The number of nitrogens with zero attached hydrogens (tertiary/aromatic N) is 1. The van der Waals surface area contributed by atoms with E-state index in [4.69, 9.17) is 4.74 Å². The minimum absolute atomic E-state index is 0.0455. The second-order valence-electron chi connectivity index (χ2n) is 6.73. The number of amides is 1. The Kier molecular flexibility index (Phi) is 3.77. The van der Waals surface area contributed by atoms with Crippen LogP contribution in [0.15, 0.2) is 48.5 Å². The monoisotopic (exact) mass is 323 g/mol. The van der Waals surface area contributed by atoms with Gasteiger partial charge in [0.1, 0.15) is 11.5 Å². The quantitative estimate of drug-likeness (QED) is 0.877. The molecule has 2 aliphatic rings. The lowest BCUT2D eigenvalue weighted by Crippen LogP contribution is -2.47. The second-order valence-corrected chi connectivity index (χ2v) is 6.73. The molecule has 1 amide bonds. The largest absolute Gasteiger partial charge is 0.457 e. The second kappa shape index (κ2) is 5.95. The molecule has 1 saturated heterocycles. The Balaban J connectivity index is 1.73. The van der Waals surface area contributed by atoms with Crippen molar-refractivity contribution in [1.82, 2.24) is 4.90 Å². The standard InChI is InChI=1S/C20H21NO3/c1-13-10-11-21(12-16(13)22)20(23)19-14-6-2-4-8-17(14)24-18-9-5-3-7-15(18)19/h2-9,13,16,19,22H,10-12H2,1H3. The molecule has 0 saturated carbocycles. The molecule has 0 spiro atoms. The lowest BCUT2D eigenvalue weighted by Gasteiger charge is -2.37. The summed E-state index contributed by atoms with van der Waals surface area (Å²) in [4.78, 5) is 15.1. The molecule has 2 aromatic rings. The Labute approximate surface area is 141 Å². The van der Waals surface area contributed by atoms with Gasteiger partial charge < -0.3 is 14.7 Å². The predicted octanol–water partition coefficient (Wildman–Crippen LogP) is 3.15. The van der Waals surface area contributed by atoms with Crippen LogP contribution in [0.5, 0.6) is 11.5 Å². The molecule has 1 N–H and O–H groups in total. The van der Waals surface area contributed by atoms with E-state index in [0.29, 0.717) is 13.1 Å². The molecule has 2 heterocycles. The number of aliphatic hydroxyl groups excluding tert-OH is 1. The van der Waals surface area contributed by atoms with Gasteiger partial charge >= 0.3 is 0 Å². The van der Waals surface area contributed by atoms with Crippen molar-refractivity contribution in [3.8, 4) is 11.5 Å². The van der Waals surface area contributed by atoms with E-state index in [9.17, 15) is 9.90 Å². The van der Waals surface area contributed by atoms with Gasteiger partial charge in [-0.15, -0.1) is 0 Å². The Bertz CT molecular complexity index is 727. The van der Waals surface area contributed by atoms with Crippen LogP contribution in [-0.4, -0.2) is 35.1 Å². The fourth-order valence-electron chi connectivity index (χ4n) is 3.61. The number of hydrogen-bond donors (Lipinski definition) is 1. The van der Waals surface area contributed by atoms with Gasteiger partial charge in [-0.1, -0.05) is 43.3 Å². The Morgan fingerprint density at radius 2 is 1.67 bits per heavy atom. The summed E-state index contributed by atoms with van der Waals surface area (Å²) >= 11 is 0. The Morgan fingerprint density at radius 1 is 1.08 bits per heavy atom. The first-order chi connectivity index (χ1) is 11.6. The topological polar surface area (TPSA) is 49.8 Å². The zero-order valence-corrected chi connectivity index (χ0v) is 13.7. The number of benzene rings is 2. The maximum absolute atomic E-state index is 13.3. The average molecular weight is 323 g/mol. The number of aliphatic hydroxyl groups is 1. The van der Waals surface area contributed by atoms with E-state index < -0.39 is 6.10 Å². The third kappa shape index (κ3) is 2.47. The van der Waals surface area contributed by atoms with Crippen molar-refractivity contribution in [1.29, 1.82) is 0 Å². The minimum Gasteiger partial charge on any atom is -0.457 e. The molecular formula is C20H21NO3. The molecule has 1 fully saturated rings. The maximum Gasteiger partial charge on any atom is 0.234 e. The summed E-state index contributed by atoms with van der Waals surface area (Å²) in [6.07, 6.45) is 0.382. The molecule has 2 atom stereocenters. The van der Waals surface area contributed by atoms with Crippen molar-refractivity contribution in [2.75, 3.05) is 13.1 Å². The molecule has 0 bridgehead atoms. The number of hydrogen-bond acceptors (Lipinski definition) is 3. The number of ether oxygens (including phenoxy) is 1. The first kappa shape index (κ1) is 15.2. The van der Waals surface area contributed by atoms with Gasteiger partial charge in [-0.2, -0.15) is 0 Å². The molecule has 4 nitrogen and oxygen atoms in total. The molecule has 0 radical (unpaired) electrons. The first-order valence-corrected chi connectivity index (χ1v) is 8.47. The summed E-state index contributed by atoms with van der Waals surface area (Å²) in [5, 5.41) is 10.2. The SMILES string of the molecule is CC1CCN(C(=O)C2c3ccccc3Oc3ccccc32)CC1O. The van der Waals surface area contributed by atoms with Crippen molar-refractivity contribution in [2.45, 2.75) is 25.4 Å². The highest BCUT2D eigenvalue weighted by Crippen LogP contribution is 2.44. The van der Waals surface area contributed by atoms with Gasteiger partial charge in [0.15, 0.2) is 0 Å². The summed E-state index contributed by atoms with van der Waals surface area (Å²) in [7, 11) is 0. The number of β-amino-alcohol motifs (C(OH)–C–C–N with tert-alkyl or cyclic N) is 1. The van der Waals surface area contributed by atoms with Gasteiger partial charge in [0.25, 0.3) is 0 Å². The van der Waals surface area contributed by atoms with E-state index >= 15 is 0 Å². The van der Waals surface area contributed by atoms with Crippen LogP contribution in [0.4, 0.5) is 0 Å². The summed E-state index contributed by atoms with van der Waals surface area (Å²) in [6, 6.07) is 15.4. The highest BCUT2D eigenvalue weighted by Gasteiger charge is 2.37. The van der Waals surface area contributed by atoms with E-state index in [1.54, 1.807) is 4.90 Å². The lowest BCUT2D eigenvalue weighted by atomic mass is 9.85. The number of rotatable bonds is 1. The van der Waals surface area contributed by atoms with Crippen molar-refractivity contribution in [3.05, 3.63) is 59.7 Å². The van der Waals surface area contributed by atoms with Crippen molar-refractivity contribution in [2.24, 2.45) is 5.92 Å². The molecule has 24 heavy (non-hydrogen) atoms. The zero-order valence-electron chi connectivity index (χ0n) is 13.7. The molecule has 0 aliphatic carbocycles. The smallest absolute Gasteiger partial charge is 0.234 e. The van der Waals surface area contributed by atoms with Crippen LogP contribution < -0.4 is 4.74 Å². The normalized spacial score (nSPS) is 23.2. The van der Waals surface area contributed by atoms with Crippen LogP contribution in [0.2, 0.25) is 0 Å². The number of piperidine rings is 1. The zero-order chi connectivity index (χ0) is 16.7. The van der Waals surface area contributed by atoms with Crippen molar-refractivity contribution >= 4 is 5.91 Å². The van der Waals surface area contributed by atoms with Crippen LogP contribution in [0.1, 0.15) is 30.4 Å². The van der Waals surface area contributed by atoms with Crippen LogP contribution >= 0.6 is 0 Å². The summed E-state index contributed by atoms with van der Waals surface area (Å²) in [6.45, 7) is 3.13. The highest BCUT2D eigenvalue weighted by atomic mass is 16.5. The predicted molar refractivity (Wildman–Crippen MR) is 91.2 cm³/mol. The van der Waals surface area contributed by atoms with Gasteiger partial charge in [-0.05, 0) is 24.5 Å². The number of carbonyl (C=O) groups excluding carboxylic acids is 1. The third-order valence-corrected chi connectivity index (χ3v) is 5.16. The molecule has 2 aliphatic heterocycles. The summed E-state index contributed by atoms with van der Waals surface area (Å²) < 4.78 is 5.96. The molecule has 124 valence electrons. The van der Waals surface area contributed by atoms with Gasteiger partial charge in [0.2, 0.25) is 5.91 Å². The number of likely N-dealkylation sites (tertiary alicyclic amines) is 1. The number of para-hydroxylation sites is 2. The number of carbonyl (C=O) groups is 1. The molecule has 2 aromatic carbocycles. The molecule has 0 aromatic heterocycles. The van der Waals surface area contributed by atoms with E-state index in [-0.39, 0.29) is 17.7 Å². The van der Waals surface area contributed by atoms with E-state index in [1.807, 2.05) is 55.5 Å². The molecule has 4 rings (SSSR count). The fourth-order valence-corrected chi connectivity index (χ4v) is 3.61. The van der Waals surface area contributed by atoms with E-state index in [2.05, 4.69) is 0 Å². The maximum atomic E-state index is 13.3. The van der Waals surface area contributed by atoms with Crippen molar-refractivity contribution < 1.29 is 14.6 Å². The van der Waals surface area contributed by atoms with Crippen LogP contribution in [0.25, 0.3) is 0 Å². The third-order valence-electron chi connectivity index (χ3n) is 5.16. The van der Waals surface area contributed by atoms with Crippen molar-refractivity contribution in [3.63, 3.8) is 0 Å². The molecule has 2 unspecified atom stereocenters. The van der Waals surface area contributed by atoms with Crippen LogP contribution in [0, 0.1) is 5.92 Å².